The molecule has 3 aromatic rings. The first-order valence-electron chi connectivity index (χ1n) is 11.7. The number of benzene rings is 3. The van der Waals surface area contributed by atoms with E-state index < -0.39 is 17.7 Å². The summed E-state index contributed by atoms with van der Waals surface area (Å²) in [5.41, 5.74) is 3.09. The smallest absolute Gasteiger partial charge is 0.300 e. The van der Waals surface area contributed by atoms with Gasteiger partial charge in [-0.05, 0) is 54.3 Å². The summed E-state index contributed by atoms with van der Waals surface area (Å²) in [7, 11) is 4.43. The molecule has 1 fully saturated rings. The van der Waals surface area contributed by atoms with E-state index in [-0.39, 0.29) is 27.7 Å². The maximum Gasteiger partial charge on any atom is 0.300 e. The van der Waals surface area contributed by atoms with Gasteiger partial charge in [-0.25, -0.2) is 0 Å². The van der Waals surface area contributed by atoms with Gasteiger partial charge in [0.25, 0.3) is 11.7 Å². The number of carbonyl (C=O) groups is 2. The number of methoxy groups -OCH3 is 3. The molecule has 1 atom stereocenters. The highest BCUT2D eigenvalue weighted by molar-refractivity contribution is 6.51. The second-order valence-electron chi connectivity index (χ2n) is 8.63. The molecule has 1 N–H and O–H groups in total. The highest BCUT2D eigenvalue weighted by atomic mass is 35.5. The highest BCUT2D eigenvalue weighted by Gasteiger charge is 2.47. The Balaban J connectivity index is 2.00. The van der Waals surface area contributed by atoms with Crippen LogP contribution in [0, 0.1) is 6.92 Å². The molecule has 1 unspecified atom stereocenters. The summed E-state index contributed by atoms with van der Waals surface area (Å²) in [6.45, 7) is 3.85. The molecule has 3 aromatic carbocycles. The van der Waals surface area contributed by atoms with Gasteiger partial charge < -0.3 is 19.3 Å². The molecule has 0 spiro atoms. The normalized spacial score (nSPS) is 16.7. The Hall–Kier alpha value is -3.97. The molecule has 0 saturated carbocycles. The summed E-state index contributed by atoms with van der Waals surface area (Å²) < 4.78 is 16.2. The van der Waals surface area contributed by atoms with Crippen LogP contribution in [0.5, 0.6) is 17.2 Å². The number of carbonyl (C=O) groups excluding carboxylic acids is 2. The van der Waals surface area contributed by atoms with Crippen LogP contribution < -0.4 is 19.1 Å². The lowest BCUT2D eigenvalue weighted by molar-refractivity contribution is -0.132. The van der Waals surface area contributed by atoms with Gasteiger partial charge in [0, 0.05) is 11.8 Å². The predicted molar refractivity (Wildman–Crippen MR) is 143 cm³/mol. The second kappa shape index (κ2) is 10.6. The Morgan fingerprint density at radius 2 is 1.62 bits per heavy atom. The second-order valence-corrected chi connectivity index (χ2v) is 9.04. The molecule has 37 heavy (non-hydrogen) atoms. The molecule has 8 heteroatoms. The Kier molecular flexibility index (Phi) is 7.45. The number of halogens is 1. The zero-order valence-electron chi connectivity index (χ0n) is 21.3. The fourth-order valence-corrected chi connectivity index (χ4v) is 4.93. The first-order valence-corrected chi connectivity index (χ1v) is 12.1. The third-order valence-corrected chi connectivity index (χ3v) is 6.72. The van der Waals surface area contributed by atoms with Crippen LogP contribution in [0.25, 0.3) is 5.76 Å². The van der Waals surface area contributed by atoms with Crippen LogP contribution in [0.4, 0.5) is 5.69 Å². The van der Waals surface area contributed by atoms with Crippen molar-refractivity contribution in [3.63, 3.8) is 0 Å². The van der Waals surface area contributed by atoms with Crippen molar-refractivity contribution in [3.05, 3.63) is 87.4 Å². The number of aryl methyl sites for hydroxylation is 2. The van der Waals surface area contributed by atoms with Crippen molar-refractivity contribution in [2.45, 2.75) is 26.3 Å². The van der Waals surface area contributed by atoms with Crippen molar-refractivity contribution in [2.75, 3.05) is 26.2 Å². The van der Waals surface area contributed by atoms with E-state index in [2.05, 4.69) is 0 Å². The van der Waals surface area contributed by atoms with Crippen LogP contribution in [0.3, 0.4) is 0 Å². The third-order valence-electron chi connectivity index (χ3n) is 6.44. The fourth-order valence-electron chi connectivity index (χ4n) is 4.58. The minimum Gasteiger partial charge on any atom is -0.507 e. The highest BCUT2D eigenvalue weighted by Crippen LogP contribution is 2.45. The molecule has 4 rings (SSSR count). The van der Waals surface area contributed by atoms with Gasteiger partial charge in [0.2, 0.25) is 0 Å². The first kappa shape index (κ1) is 26.1. The number of hydrogen-bond acceptors (Lipinski definition) is 6. The lowest BCUT2D eigenvalue weighted by Gasteiger charge is -2.26. The summed E-state index contributed by atoms with van der Waals surface area (Å²) >= 11 is 6.38. The molecule has 1 amide bonds. The number of rotatable bonds is 7. The van der Waals surface area contributed by atoms with Gasteiger partial charge in [0.1, 0.15) is 11.5 Å². The average Bonchev–Trinajstić information content (AvgIpc) is 3.17. The van der Waals surface area contributed by atoms with Gasteiger partial charge >= 0.3 is 0 Å². The van der Waals surface area contributed by atoms with Gasteiger partial charge in [-0.2, -0.15) is 0 Å². The Morgan fingerprint density at radius 1 is 0.946 bits per heavy atom. The van der Waals surface area contributed by atoms with Gasteiger partial charge in [-0.1, -0.05) is 42.8 Å². The van der Waals surface area contributed by atoms with E-state index in [0.29, 0.717) is 22.7 Å². The van der Waals surface area contributed by atoms with E-state index >= 15 is 0 Å². The van der Waals surface area contributed by atoms with E-state index in [4.69, 9.17) is 25.8 Å². The quantitative estimate of drug-likeness (QED) is 0.238. The maximum atomic E-state index is 13.5. The largest absolute Gasteiger partial charge is 0.507 e. The number of Topliss-reactive ketones (excluding diaryl/α,β-unsaturated/α-hetero) is 1. The van der Waals surface area contributed by atoms with Crippen LogP contribution in [-0.4, -0.2) is 38.1 Å². The summed E-state index contributed by atoms with van der Waals surface area (Å²) in [4.78, 5) is 28.4. The molecule has 0 radical (unpaired) electrons. The Morgan fingerprint density at radius 3 is 2.22 bits per heavy atom. The van der Waals surface area contributed by atoms with Crippen LogP contribution in [0.1, 0.15) is 35.2 Å². The Labute approximate surface area is 220 Å². The van der Waals surface area contributed by atoms with Crippen molar-refractivity contribution < 1.29 is 28.9 Å². The predicted octanol–water partition coefficient (Wildman–Crippen LogP) is 5.86. The SMILES string of the molecule is CCc1ccc(C2/C(=C(\O)c3cc(C)cc(Cl)c3OC)C(=O)C(=O)N2c2ccc(OC)c(OC)c2)cc1. The Bertz CT molecular complexity index is 1400. The number of anilines is 1. The fraction of sp³-hybridized carbons (Fsp3) is 0.241. The lowest BCUT2D eigenvalue weighted by Crippen LogP contribution is -2.29. The summed E-state index contributed by atoms with van der Waals surface area (Å²) in [6, 6.07) is 15.0. The first-order chi connectivity index (χ1) is 17.7. The zero-order chi connectivity index (χ0) is 26.9. The molecule has 0 aromatic heterocycles. The molecule has 1 aliphatic heterocycles. The van der Waals surface area contributed by atoms with Crippen molar-refractivity contribution in [1.29, 1.82) is 0 Å². The van der Waals surface area contributed by atoms with E-state index in [0.717, 1.165) is 17.5 Å². The number of ketones is 1. The summed E-state index contributed by atoms with van der Waals surface area (Å²) in [5.74, 6) is -0.886. The van der Waals surface area contributed by atoms with Gasteiger partial charge in [0.15, 0.2) is 11.5 Å². The van der Waals surface area contributed by atoms with Crippen LogP contribution in [0.15, 0.2) is 60.2 Å². The molecule has 1 aliphatic rings. The summed E-state index contributed by atoms with van der Waals surface area (Å²) in [5, 5.41) is 11.8. The molecule has 1 saturated heterocycles. The summed E-state index contributed by atoms with van der Waals surface area (Å²) in [6.07, 6.45) is 0.829. The van der Waals surface area contributed by atoms with E-state index in [9.17, 15) is 14.7 Å². The monoisotopic (exact) mass is 521 g/mol. The molecule has 192 valence electrons. The standard InChI is InChI=1S/C29H28ClNO6/c1-6-17-7-9-18(10-8-17)25-24(26(32)20-13-16(2)14-21(30)28(20)37-5)27(33)29(34)31(25)19-11-12-22(35-3)23(15-19)36-4/h7-15,25,32H,6H2,1-5H3/b26-24+. The van der Waals surface area contributed by atoms with Crippen molar-refractivity contribution >= 4 is 34.7 Å². The van der Waals surface area contributed by atoms with Gasteiger partial charge in [0.05, 0.1) is 43.5 Å². The molecule has 0 bridgehead atoms. The van der Waals surface area contributed by atoms with E-state index in [1.54, 1.807) is 30.3 Å². The minimum atomic E-state index is -0.909. The molecule has 0 aliphatic carbocycles. The van der Waals surface area contributed by atoms with Crippen molar-refractivity contribution in [2.24, 2.45) is 0 Å². The van der Waals surface area contributed by atoms with Crippen LogP contribution in [-0.2, 0) is 16.0 Å². The molecule has 7 nitrogen and oxygen atoms in total. The third kappa shape index (κ3) is 4.62. The molecule has 1 heterocycles. The van der Waals surface area contributed by atoms with Gasteiger partial charge in [-0.15, -0.1) is 0 Å². The number of aliphatic hydroxyl groups excluding tert-OH is 1. The number of hydrogen-bond donors (Lipinski definition) is 1. The number of nitrogens with zero attached hydrogens (tertiary/aromatic N) is 1. The van der Waals surface area contributed by atoms with Crippen LogP contribution >= 0.6 is 11.6 Å². The zero-order valence-corrected chi connectivity index (χ0v) is 22.1. The van der Waals surface area contributed by atoms with E-state index in [1.807, 2.05) is 38.1 Å². The van der Waals surface area contributed by atoms with E-state index in [1.165, 1.54) is 26.2 Å². The lowest BCUT2D eigenvalue weighted by atomic mass is 9.93. The number of ether oxygens (including phenoxy) is 3. The maximum absolute atomic E-state index is 13.5. The van der Waals surface area contributed by atoms with Crippen LogP contribution in [0.2, 0.25) is 5.02 Å². The average molecular weight is 522 g/mol. The number of aliphatic hydroxyl groups is 1. The van der Waals surface area contributed by atoms with Crippen molar-refractivity contribution in [1.82, 2.24) is 0 Å². The minimum absolute atomic E-state index is 0.0657. The van der Waals surface area contributed by atoms with Crippen molar-refractivity contribution in [3.8, 4) is 17.2 Å². The number of amides is 1. The molecular weight excluding hydrogens is 494 g/mol. The molecular formula is C29H28ClNO6. The topological polar surface area (TPSA) is 85.3 Å². The van der Waals surface area contributed by atoms with Gasteiger partial charge in [-0.3, -0.25) is 14.5 Å².